The number of carboxylic acids is 1. The molecule has 100 valence electrons. The molecule has 0 aliphatic rings. The topological polar surface area (TPSA) is 49.3 Å². The zero-order valence-corrected chi connectivity index (χ0v) is 12.1. The molecule has 0 amide bonds. The summed E-state index contributed by atoms with van der Waals surface area (Å²) in [6.07, 6.45) is 0. The molecule has 0 unspecified atom stereocenters. The molecule has 1 aromatic carbocycles. The minimum absolute atomic E-state index is 0.311. The van der Waals surface area contributed by atoms with Crippen molar-refractivity contribution in [2.45, 2.75) is 27.3 Å². The van der Waals surface area contributed by atoms with Crippen LogP contribution in [0.1, 0.15) is 31.2 Å². The molecule has 2 rings (SSSR count). The summed E-state index contributed by atoms with van der Waals surface area (Å²) in [4.78, 5) is 13.6. The molecule has 0 aliphatic heterocycles. The fraction of sp³-hybridized carbons (Fsp3) is 0.267. The van der Waals surface area contributed by atoms with Crippen LogP contribution in [0.15, 0.2) is 24.3 Å². The van der Waals surface area contributed by atoms with Crippen LogP contribution in [-0.4, -0.2) is 11.1 Å². The lowest BCUT2D eigenvalue weighted by Crippen LogP contribution is -2.04. The minimum atomic E-state index is -0.898. The van der Waals surface area contributed by atoms with Gasteiger partial charge in [-0.2, -0.15) is 0 Å². The van der Waals surface area contributed by atoms with Crippen molar-refractivity contribution in [1.82, 2.24) is 0 Å². The lowest BCUT2D eigenvalue weighted by Gasteiger charge is -2.10. The van der Waals surface area contributed by atoms with E-state index in [4.69, 9.17) is 5.11 Å². The minimum Gasteiger partial charge on any atom is -0.478 e. The van der Waals surface area contributed by atoms with Crippen LogP contribution in [0.3, 0.4) is 0 Å². The fourth-order valence-electron chi connectivity index (χ4n) is 1.99. The Bertz CT molecular complexity index is 617. The second kappa shape index (κ2) is 5.45. The Morgan fingerprint density at radius 1 is 1.26 bits per heavy atom. The van der Waals surface area contributed by atoms with Crippen LogP contribution in [-0.2, 0) is 6.54 Å². The highest BCUT2D eigenvalue weighted by Gasteiger charge is 2.07. The Morgan fingerprint density at radius 2 is 2.00 bits per heavy atom. The summed E-state index contributed by atoms with van der Waals surface area (Å²) in [5.74, 6) is -0.898. The maximum absolute atomic E-state index is 11.0. The zero-order valence-electron chi connectivity index (χ0n) is 11.3. The van der Waals surface area contributed by atoms with Crippen molar-refractivity contribution in [1.29, 1.82) is 0 Å². The van der Waals surface area contributed by atoms with E-state index < -0.39 is 5.97 Å². The van der Waals surface area contributed by atoms with Gasteiger partial charge in [0.1, 0.15) is 0 Å². The van der Waals surface area contributed by atoms with Gasteiger partial charge in [0.25, 0.3) is 0 Å². The average molecular weight is 275 g/mol. The van der Waals surface area contributed by atoms with Crippen molar-refractivity contribution in [2.24, 2.45) is 0 Å². The van der Waals surface area contributed by atoms with Gasteiger partial charge < -0.3 is 10.4 Å². The van der Waals surface area contributed by atoms with Gasteiger partial charge in [-0.3, -0.25) is 0 Å². The number of rotatable bonds is 4. The maximum atomic E-state index is 11.0. The first-order chi connectivity index (χ1) is 8.97. The third kappa shape index (κ3) is 3.15. The number of thiophene rings is 1. The van der Waals surface area contributed by atoms with E-state index in [0.29, 0.717) is 5.56 Å². The van der Waals surface area contributed by atoms with Crippen molar-refractivity contribution >= 4 is 23.0 Å². The number of carboxylic acid groups (broad SMARTS) is 1. The van der Waals surface area contributed by atoms with Crippen molar-refractivity contribution in [2.75, 3.05) is 5.32 Å². The quantitative estimate of drug-likeness (QED) is 0.887. The van der Waals surface area contributed by atoms with Crippen LogP contribution >= 0.6 is 11.3 Å². The summed E-state index contributed by atoms with van der Waals surface area (Å²) in [6, 6.07) is 7.32. The van der Waals surface area contributed by atoms with E-state index in [0.717, 1.165) is 17.8 Å². The van der Waals surface area contributed by atoms with Gasteiger partial charge in [0, 0.05) is 22.0 Å². The average Bonchev–Trinajstić information content (AvgIpc) is 2.66. The highest BCUT2D eigenvalue weighted by Crippen LogP contribution is 2.23. The molecule has 0 aliphatic carbocycles. The normalized spacial score (nSPS) is 10.5. The van der Waals surface area contributed by atoms with Crippen LogP contribution in [0.25, 0.3) is 0 Å². The van der Waals surface area contributed by atoms with Gasteiger partial charge in [-0.1, -0.05) is 6.07 Å². The summed E-state index contributed by atoms with van der Waals surface area (Å²) in [5, 5.41) is 12.3. The molecule has 0 saturated carbocycles. The van der Waals surface area contributed by atoms with E-state index in [1.807, 2.05) is 13.0 Å². The molecule has 0 spiro atoms. The first-order valence-corrected chi connectivity index (χ1v) is 6.92. The molecule has 1 heterocycles. The zero-order chi connectivity index (χ0) is 14.0. The number of hydrogen-bond acceptors (Lipinski definition) is 3. The second-order valence-electron chi connectivity index (χ2n) is 4.63. The second-order valence-corrected chi connectivity index (χ2v) is 6.09. The van der Waals surface area contributed by atoms with E-state index in [-0.39, 0.29) is 0 Å². The number of aromatic carboxylic acids is 1. The molecule has 0 saturated heterocycles. The van der Waals surface area contributed by atoms with Gasteiger partial charge in [-0.25, -0.2) is 4.79 Å². The Kier molecular flexibility index (Phi) is 3.90. The number of nitrogens with one attached hydrogen (secondary N) is 1. The highest BCUT2D eigenvalue weighted by molar-refractivity contribution is 7.12. The molecular weight excluding hydrogens is 258 g/mol. The van der Waals surface area contributed by atoms with E-state index in [2.05, 4.69) is 25.2 Å². The van der Waals surface area contributed by atoms with Gasteiger partial charge in [0.2, 0.25) is 0 Å². The Labute approximate surface area is 116 Å². The van der Waals surface area contributed by atoms with Gasteiger partial charge in [0.15, 0.2) is 0 Å². The van der Waals surface area contributed by atoms with Gasteiger partial charge in [0.05, 0.1) is 5.56 Å². The monoisotopic (exact) mass is 275 g/mol. The predicted molar refractivity (Wildman–Crippen MR) is 79.3 cm³/mol. The van der Waals surface area contributed by atoms with Crippen LogP contribution < -0.4 is 5.32 Å². The van der Waals surface area contributed by atoms with Crippen molar-refractivity contribution in [3.63, 3.8) is 0 Å². The summed E-state index contributed by atoms with van der Waals surface area (Å²) >= 11 is 1.78. The fourth-order valence-corrected chi connectivity index (χ4v) is 2.94. The van der Waals surface area contributed by atoms with E-state index in [1.165, 1.54) is 15.3 Å². The molecule has 1 aromatic heterocycles. The third-order valence-electron chi connectivity index (χ3n) is 3.10. The largest absolute Gasteiger partial charge is 0.478 e. The Morgan fingerprint density at radius 3 is 2.58 bits per heavy atom. The van der Waals surface area contributed by atoms with E-state index >= 15 is 0 Å². The van der Waals surface area contributed by atoms with Crippen molar-refractivity contribution in [3.05, 3.63) is 50.7 Å². The summed E-state index contributed by atoms with van der Waals surface area (Å²) < 4.78 is 0. The standard InChI is InChI=1S/C15H17NO2S/c1-9-4-5-12(15(17)18)7-14(9)16-8-13-6-10(2)19-11(13)3/h4-7,16H,8H2,1-3H3,(H,17,18). The molecular formula is C15H17NO2S. The van der Waals surface area contributed by atoms with Crippen molar-refractivity contribution in [3.8, 4) is 0 Å². The number of carbonyl (C=O) groups is 1. The predicted octanol–water partition coefficient (Wildman–Crippen LogP) is 3.98. The van der Waals surface area contributed by atoms with E-state index in [1.54, 1.807) is 23.5 Å². The summed E-state index contributed by atoms with van der Waals surface area (Å²) in [6.45, 7) is 6.90. The molecule has 19 heavy (non-hydrogen) atoms. The highest BCUT2D eigenvalue weighted by atomic mass is 32.1. The molecule has 0 atom stereocenters. The molecule has 0 radical (unpaired) electrons. The van der Waals surface area contributed by atoms with Crippen LogP contribution in [0.5, 0.6) is 0 Å². The number of anilines is 1. The van der Waals surface area contributed by atoms with Crippen LogP contribution in [0, 0.1) is 20.8 Å². The van der Waals surface area contributed by atoms with Crippen LogP contribution in [0.2, 0.25) is 0 Å². The number of aryl methyl sites for hydroxylation is 3. The smallest absolute Gasteiger partial charge is 0.335 e. The molecule has 2 N–H and O–H groups in total. The van der Waals surface area contributed by atoms with Gasteiger partial charge in [-0.05, 0) is 50.1 Å². The lowest BCUT2D eigenvalue weighted by atomic mass is 10.1. The SMILES string of the molecule is Cc1cc(CNc2cc(C(=O)O)ccc2C)c(C)s1. The molecule has 2 aromatic rings. The third-order valence-corrected chi connectivity index (χ3v) is 4.11. The summed E-state index contributed by atoms with van der Waals surface area (Å²) in [7, 11) is 0. The Balaban J connectivity index is 2.17. The van der Waals surface area contributed by atoms with E-state index in [9.17, 15) is 4.79 Å². The Hall–Kier alpha value is -1.81. The first-order valence-electron chi connectivity index (χ1n) is 6.11. The lowest BCUT2D eigenvalue weighted by molar-refractivity contribution is 0.0697. The maximum Gasteiger partial charge on any atom is 0.335 e. The van der Waals surface area contributed by atoms with Gasteiger partial charge in [-0.15, -0.1) is 11.3 Å². The summed E-state index contributed by atoms with van der Waals surface area (Å²) in [5.41, 5.74) is 3.51. The number of hydrogen-bond donors (Lipinski definition) is 2. The van der Waals surface area contributed by atoms with Crippen LogP contribution in [0.4, 0.5) is 5.69 Å². The molecule has 4 heteroatoms. The molecule has 0 fully saturated rings. The van der Waals surface area contributed by atoms with Crippen molar-refractivity contribution < 1.29 is 9.90 Å². The van der Waals surface area contributed by atoms with Gasteiger partial charge >= 0.3 is 5.97 Å². The molecule has 3 nitrogen and oxygen atoms in total. The molecule has 0 bridgehead atoms. The first kappa shape index (κ1) is 13.6. The number of benzene rings is 1.